The maximum atomic E-state index is 13.0. The first kappa shape index (κ1) is 23.4. The van der Waals surface area contributed by atoms with E-state index >= 15 is 0 Å². The zero-order valence-electron chi connectivity index (χ0n) is 19.6. The van der Waals surface area contributed by atoms with Crippen LogP contribution in [-0.2, 0) is 11.4 Å². The molecule has 0 aromatic heterocycles. The average molecular weight is 468 g/mol. The van der Waals surface area contributed by atoms with Crippen molar-refractivity contribution in [1.82, 2.24) is 15.8 Å². The molecule has 2 aromatic carbocycles. The Hall–Kier alpha value is -3.75. The number of hydrazine groups is 1. The van der Waals surface area contributed by atoms with Crippen molar-refractivity contribution in [3.05, 3.63) is 53.6 Å². The fourth-order valence-electron chi connectivity index (χ4n) is 4.36. The van der Waals surface area contributed by atoms with Gasteiger partial charge in [0.25, 0.3) is 11.8 Å². The number of hydrogen-bond donors (Lipinski definition) is 2. The zero-order valence-corrected chi connectivity index (χ0v) is 19.6. The van der Waals surface area contributed by atoms with Crippen LogP contribution >= 0.6 is 0 Å². The maximum absolute atomic E-state index is 13.0. The van der Waals surface area contributed by atoms with E-state index in [4.69, 9.17) is 14.2 Å². The van der Waals surface area contributed by atoms with E-state index in [9.17, 15) is 14.4 Å². The molecule has 2 N–H and O–H groups in total. The number of amides is 4. The number of carbonyl (C=O) groups is 3. The van der Waals surface area contributed by atoms with Crippen LogP contribution in [0.25, 0.3) is 0 Å². The molecule has 1 spiro atoms. The van der Waals surface area contributed by atoms with Crippen LogP contribution in [-0.4, -0.2) is 42.6 Å². The van der Waals surface area contributed by atoms with Crippen LogP contribution in [0, 0.1) is 5.92 Å². The highest BCUT2D eigenvalue weighted by molar-refractivity contribution is 6.09. The van der Waals surface area contributed by atoms with E-state index in [1.165, 1.54) is 26.4 Å². The molecule has 2 aromatic rings. The molecule has 0 bridgehead atoms. The van der Waals surface area contributed by atoms with Crippen LogP contribution in [0.15, 0.2) is 42.5 Å². The molecule has 0 unspecified atom stereocenters. The third kappa shape index (κ3) is 4.50. The van der Waals surface area contributed by atoms with E-state index in [1.807, 2.05) is 30.3 Å². The number of ether oxygens (including phenoxy) is 3. The summed E-state index contributed by atoms with van der Waals surface area (Å²) >= 11 is 0. The van der Waals surface area contributed by atoms with E-state index in [2.05, 4.69) is 17.7 Å². The molecule has 1 aliphatic heterocycles. The van der Waals surface area contributed by atoms with Gasteiger partial charge in [0.1, 0.15) is 12.1 Å². The van der Waals surface area contributed by atoms with Crippen molar-refractivity contribution >= 4 is 17.8 Å². The van der Waals surface area contributed by atoms with Crippen molar-refractivity contribution < 1.29 is 28.6 Å². The molecule has 1 heterocycles. The Labute approximate surface area is 198 Å². The minimum Gasteiger partial charge on any atom is -0.493 e. The summed E-state index contributed by atoms with van der Waals surface area (Å²) in [5.74, 6) is 0.346. The highest BCUT2D eigenvalue weighted by Crippen LogP contribution is 2.39. The van der Waals surface area contributed by atoms with Crippen LogP contribution in [0.3, 0.4) is 0 Å². The number of imide groups is 1. The second-order valence-corrected chi connectivity index (χ2v) is 8.76. The number of urea groups is 1. The molecule has 2 fully saturated rings. The Balaban J connectivity index is 1.52. The second-order valence-electron chi connectivity index (χ2n) is 8.76. The van der Waals surface area contributed by atoms with Gasteiger partial charge in [0.2, 0.25) is 5.75 Å². The summed E-state index contributed by atoms with van der Waals surface area (Å²) in [4.78, 5) is 38.6. The number of nitrogens with one attached hydrogen (secondary N) is 2. The van der Waals surface area contributed by atoms with E-state index < -0.39 is 23.4 Å². The molecule has 0 radical (unpaired) electrons. The minimum atomic E-state index is -0.943. The highest BCUT2D eigenvalue weighted by Gasteiger charge is 2.53. The molecule has 34 heavy (non-hydrogen) atoms. The lowest BCUT2D eigenvalue weighted by Gasteiger charge is -2.33. The molecule has 1 saturated heterocycles. The summed E-state index contributed by atoms with van der Waals surface area (Å²) in [6.07, 6.45) is 2.79. The van der Waals surface area contributed by atoms with Gasteiger partial charge in [-0.1, -0.05) is 37.3 Å². The van der Waals surface area contributed by atoms with E-state index in [0.29, 0.717) is 24.5 Å². The number of methoxy groups -OCH3 is 2. The van der Waals surface area contributed by atoms with Gasteiger partial charge in [0.15, 0.2) is 11.5 Å². The molecule has 180 valence electrons. The van der Waals surface area contributed by atoms with Crippen molar-refractivity contribution in [2.24, 2.45) is 5.92 Å². The van der Waals surface area contributed by atoms with E-state index in [-0.39, 0.29) is 23.7 Å². The Morgan fingerprint density at radius 1 is 1.09 bits per heavy atom. The number of hydrogen-bond acceptors (Lipinski definition) is 6. The van der Waals surface area contributed by atoms with Gasteiger partial charge in [-0.3, -0.25) is 15.0 Å². The maximum Gasteiger partial charge on any atom is 0.344 e. The molecular weight excluding hydrogens is 438 g/mol. The predicted octanol–water partition coefficient (Wildman–Crippen LogP) is 3.43. The topological polar surface area (TPSA) is 106 Å². The van der Waals surface area contributed by atoms with Crippen molar-refractivity contribution in [1.29, 1.82) is 0 Å². The summed E-state index contributed by atoms with van der Waals surface area (Å²) in [5.41, 5.74) is 2.60. The molecule has 0 atom stereocenters. The number of nitrogens with zero attached hydrogens (tertiary/aromatic N) is 1. The SMILES string of the molecule is COc1cc(C(=O)NN2C(=O)NC3(CCC(C)CC3)C2=O)cc(OC)c1OCc1ccccc1. The van der Waals surface area contributed by atoms with Crippen LogP contribution in [0.2, 0.25) is 0 Å². The van der Waals surface area contributed by atoms with E-state index in [0.717, 1.165) is 23.4 Å². The summed E-state index contributed by atoms with van der Waals surface area (Å²) in [5, 5.41) is 3.56. The molecule has 2 aliphatic rings. The van der Waals surface area contributed by atoms with Gasteiger partial charge in [0, 0.05) is 5.56 Å². The fourth-order valence-corrected chi connectivity index (χ4v) is 4.36. The first-order valence-corrected chi connectivity index (χ1v) is 11.3. The van der Waals surface area contributed by atoms with Crippen molar-refractivity contribution in [3.8, 4) is 17.2 Å². The van der Waals surface area contributed by atoms with Crippen LogP contribution in [0.1, 0.15) is 48.5 Å². The van der Waals surface area contributed by atoms with Gasteiger partial charge < -0.3 is 19.5 Å². The van der Waals surface area contributed by atoms with Crippen molar-refractivity contribution in [2.75, 3.05) is 14.2 Å². The number of carbonyl (C=O) groups excluding carboxylic acids is 3. The molecule has 4 amide bonds. The minimum absolute atomic E-state index is 0.152. The van der Waals surface area contributed by atoms with Gasteiger partial charge in [-0.15, -0.1) is 0 Å². The first-order valence-electron chi connectivity index (χ1n) is 11.3. The summed E-state index contributed by atoms with van der Waals surface area (Å²) in [6, 6.07) is 11.9. The normalized spacial score (nSPS) is 21.9. The Morgan fingerprint density at radius 2 is 1.71 bits per heavy atom. The number of rotatable bonds is 7. The molecular formula is C25H29N3O6. The van der Waals surface area contributed by atoms with Crippen molar-refractivity contribution in [2.45, 2.75) is 44.8 Å². The van der Waals surface area contributed by atoms with Gasteiger partial charge in [0.05, 0.1) is 14.2 Å². The Bertz CT molecular complexity index is 1050. The second kappa shape index (κ2) is 9.62. The summed E-state index contributed by atoms with van der Waals surface area (Å²) in [7, 11) is 2.91. The lowest BCUT2D eigenvalue weighted by molar-refractivity contribution is -0.134. The predicted molar refractivity (Wildman–Crippen MR) is 124 cm³/mol. The molecule has 9 heteroatoms. The molecule has 1 aliphatic carbocycles. The third-order valence-corrected chi connectivity index (χ3v) is 6.45. The van der Waals surface area contributed by atoms with E-state index in [1.54, 1.807) is 0 Å². The summed E-state index contributed by atoms with van der Waals surface area (Å²) < 4.78 is 16.8. The number of benzene rings is 2. The lowest BCUT2D eigenvalue weighted by atomic mass is 9.77. The Morgan fingerprint density at radius 3 is 2.29 bits per heavy atom. The molecule has 9 nitrogen and oxygen atoms in total. The molecule has 1 saturated carbocycles. The van der Waals surface area contributed by atoms with Gasteiger partial charge >= 0.3 is 6.03 Å². The largest absolute Gasteiger partial charge is 0.493 e. The van der Waals surface area contributed by atoms with Gasteiger partial charge in [-0.25, -0.2) is 4.79 Å². The highest BCUT2D eigenvalue weighted by atomic mass is 16.5. The van der Waals surface area contributed by atoms with Crippen LogP contribution in [0.5, 0.6) is 17.2 Å². The fraction of sp³-hybridized carbons (Fsp3) is 0.400. The third-order valence-electron chi connectivity index (χ3n) is 6.45. The molecule has 4 rings (SSSR count). The van der Waals surface area contributed by atoms with Crippen LogP contribution < -0.4 is 25.0 Å². The zero-order chi connectivity index (χ0) is 24.3. The van der Waals surface area contributed by atoms with Crippen LogP contribution in [0.4, 0.5) is 4.79 Å². The van der Waals surface area contributed by atoms with Gasteiger partial charge in [-0.2, -0.15) is 5.01 Å². The standard InChI is InChI=1S/C25H29N3O6/c1-16-9-11-25(12-10-16)23(30)28(24(31)26-25)27-22(29)18-13-19(32-2)21(20(14-18)33-3)34-15-17-7-5-4-6-8-17/h4-8,13-14,16H,9-12,15H2,1-3H3,(H,26,31)(H,27,29). The average Bonchev–Trinajstić information content (AvgIpc) is 3.08. The lowest BCUT2D eigenvalue weighted by Crippen LogP contribution is -2.51. The Kier molecular flexibility index (Phi) is 6.63. The quantitative estimate of drug-likeness (QED) is 0.605. The van der Waals surface area contributed by atoms with Crippen molar-refractivity contribution in [3.63, 3.8) is 0 Å². The summed E-state index contributed by atoms with van der Waals surface area (Å²) in [6.45, 7) is 2.41. The first-order chi connectivity index (χ1) is 16.4. The monoisotopic (exact) mass is 467 g/mol. The smallest absolute Gasteiger partial charge is 0.344 e. The van der Waals surface area contributed by atoms with Gasteiger partial charge in [-0.05, 0) is 49.3 Å².